The van der Waals surface area contributed by atoms with Crippen LogP contribution in [0.15, 0.2) is 78.9 Å². The zero-order chi connectivity index (χ0) is 27.5. The monoisotopic (exact) mass is 531 g/mol. The maximum absolute atomic E-state index is 13.7. The summed E-state index contributed by atoms with van der Waals surface area (Å²) < 4.78 is 15.8. The number of rotatable bonds is 11. The summed E-state index contributed by atoms with van der Waals surface area (Å²) in [5.74, 6) is 0.129. The Morgan fingerprint density at radius 2 is 1.56 bits per heavy atom. The fourth-order valence-corrected chi connectivity index (χ4v) is 4.83. The minimum atomic E-state index is -0.481. The summed E-state index contributed by atoms with van der Waals surface area (Å²) in [5, 5.41) is 2.98. The molecule has 0 unspecified atom stereocenters. The second-order valence-corrected chi connectivity index (χ2v) is 9.44. The van der Waals surface area contributed by atoms with Gasteiger partial charge in [-0.15, -0.1) is 0 Å². The molecule has 39 heavy (non-hydrogen) atoms. The second kappa shape index (κ2) is 14.3. The molecule has 0 aromatic heterocycles. The van der Waals surface area contributed by atoms with Gasteiger partial charge < -0.3 is 24.4 Å². The molecule has 0 saturated carbocycles. The molecular weight excluding hydrogens is 494 g/mol. The number of hydrogen-bond acceptors (Lipinski definition) is 6. The Morgan fingerprint density at radius 1 is 0.923 bits per heavy atom. The number of anilines is 1. The molecule has 1 aliphatic rings. The van der Waals surface area contributed by atoms with Crippen molar-refractivity contribution in [3.63, 3.8) is 0 Å². The Bertz CT molecular complexity index is 1160. The SMILES string of the molecule is COC(=O)c1ccc(OC)c(NC(=O)N(CCC(c2ccccc2)c2ccccc2)CCN2CCOCC2)c1. The summed E-state index contributed by atoms with van der Waals surface area (Å²) in [5.41, 5.74) is 3.18. The van der Waals surface area contributed by atoms with Gasteiger partial charge in [0.25, 0.3) is 0 Å². The van der Waals surface area contributed by atoms with Crippen LogP contribution in [0.1, 0.15) is 33.8 Å². The van der Waals surface area contributed by atoms with E-state index in [1.165, 1.54) is 25.3 Å². The zero-order valence-corrected chi connectivity index (χ0v) is 22.7. The number of carbonyl (C=O) groups excluding carboxylic acids is 2. The minimum Gasteiger partial charge on any atom is -0.495 e. The molecule has 1 saturated heterocycles. The Labute approximate surface area is 230 Å². The highest BCUT2D eigenvalue weighted by Crippen LogP contribution is 2.29. The number of esters is 1. The van der Waals surface area contributed by atoms with Gasteiger partial charge in [-0.25, -0.2) is 9.59 Å². The quantitative estimate of drug-likeness (QED) is 0.356. The van der Waals surface area contributed by atoms with Crippen LogP contribution in [0.5, 0.6) is 5.75 Å². The lowest BCUT2D eigenvalue weighted by atomic mass is 9.88. The van der Waals surface area contributed by atoms with Crippen molar-refractivity contribution in [1.29, 1.82) is 0 Å². The van der Waals surface area contributed by atoms with E-state index >= 15 is 0 Å². The molecule has 0 bridgehead atoms. The highest BCUT2D eigenvalue weighted by atomic mass is 16.5. The Balaban J connectivity index is 1.54. The van der Waals surface area contributed by atoms with E-state index in [-0.39, 0.29) is 11.9 Å². The fraction of sp³-hybridized carbons (Fsp3) is 0.355. The summed E-state index contributed by atoms with van der Waals surface area (Å²) in [6, 6.07) is 25.4. The third-order valence-electron chi connectivity index (χ3n) is 7.03. The number of hydrogen-bond donors (Lipinski definition) is 1. The van der Waals surface area contributed by atoms with E-state index in [2.05, 4.69) is 58.7 Å². The van der Waals surface area contributed by atoms with E-state index in [1.54, 1.807) is 18.2 Å². The molecule has 1 aliphatic heterocycles. The molecule has 2 amide bonds. The number of morpholine rings is 1. The molecule has 3 aromatic rings. The number of ether oxygens (including phenoxy) is 3. The predicted molar refractivity (Wildman–Crippen MR) is 152 cm³/mol. The number of amides is 2. The molecule has 4 rings (SSSR count). The number of carbonyl (C=O) groups is 2. The van der Waals surface area contributed by atoms with Gasteiger partial charge in [-0.05, 0) is 35.7 Å². The van der Waals surface area contributed by atoms with Gasteiger partial charge in [0.2, 0.25) is 0 Å². The molecule has 1 heterocycles. The number of benzene rings is 3. The smallest absolute Gasteiger partial charge is 0.337 e. The Morgan fingerprint density at radius 3 is 2.15 bits per heavy atom. The van der Waals surface area contributed by atoms with Gasteiger partial charge in [0.15, 0.2) is 0 Å². The first kappa shape index (κ1) is 28.1. The van der Waals surface area contributed by atoms with E-state index < -0.39 is 5.97 Å². The molecule has 0 radical (unpaired) electrons. The van der Waals surface area contributed by atoms with Gasteiger partial charge in [0.05, 0.1) is 38.7 Å². The number of methoxy groups -OCH3 is 2. The summed E-state index contributed by atoms with van der Waals surface area (Å²) >= 11 is 0. The first-order valence-electron chi connectivity index (χ1n) is 13.3. The van der Waals surface area contributed by atoms with Crippen LogP contribution in [0.2, 0.25) is 0 Å². The number of nitrogens with zero attached hydrogens (tertiary/aromatic N) is 2. The Kier molecular flexibility index (Phi) is 10.3. The van der Waals surface area contributed by atoms with Crippen LogP contribution in [0.25, 0.3) is 0 Å². The number of urea groups is 1. The van der Waals surface area contributed by atoms with Crippen molar-refractivity contribution in [2.75, 3.05) is 65.5 Å². The van der Waals surface area contributed by atoms with Crippen molar-refractivity contribution >= 4 is 17.7 Å². The van der Waals surface area contributed by atoms with E-state index in [0.29, 0.717) is 43.3 Å². The van der Waals surface area contributed by atoms with Crippen LogP contribution >= 0.6 is 0 Å². The van der Waals surface area contributed by atoms with Gasteiger partial charge in [0, 0.05) is 38.6 Å². The lowest BCUT2D eigenvalue weighted by Gasteiger charge is -2.31. The molecular formula is C31H37N3O5. The molecule has 8 nitrogen and oxygen atoms in total. The van der Waals surface area contributed by atoms with Crippen LogP contribution in [-0.4, -0.2) is 82.0 Å². The van der Waals surface area contributed by atoms with Crippen LogP contribution in [0.3, 0.4) is 0 Å². The van der Waals surface area contributed by atoms with Crippen molar-refractivity contribution < 1.29 is 23.8 Å². The van der Waals surface area contributed by atoms with Gasteiger partial charge in [-0.1, -0.05) is 60.7 Å². The molecule has 0 spiro atoms. The molecule has 3 aromatic carbocycles. The average Bonchev–Trinajstić information content (AvgIpc) is 2.99. The van der Waals surface area contributed by atoms with Crippen LogP contribution < -0.4 is 10.1 Å². The lowest BCUT2D eigenvalue weighted by Crippen LogP contribution is -2.44. The van der Waals surface area contributed by atoms with Gasteiger partial charge in [-0.2, -0.15) is 0 Å². The van der Waals surface area contributed by atoms with E-state index in [9.17, 15) is 9.59 Å². The van der Waals surface area contributed by atoms with Gasteiger partial charge in [0.1, 0.15) is 5.75 Å². The zero-order valence-electron chi connectivity index (χ0n) is 22.7. The van der Waals surface area contributed by atoms with E-state index in [1.807, 2.05) is 17.0 Å². The molecule has 1 N–H and O–H groups in total. The summed E-state index contributed by atoms with van der Waals surface area (Å²) in [6.45, 7) is 4.95. The first-order valence-corrected chi connectivity index (χ1v) is 13.3. The number of nitrogens with one attached hydrogen (secondary N) is 1. The highest BCUT2D eigenvalue weighted by Gasteiger charge is 2.22. The maximum Gasteiger partial charge on any atom is 0.337 e. The highest BCUT2D eigenvalue weighted by molar-refractivity contribution is 5.95. The van der Waals surface area contributed by atoms with E-state index in [4.69, 9.17) is 14.2 Å². The van der Waals surface area contributed by atoms with Crippen LogP contribution in [0.4, 0.5) is 10.5 Å². The van der Waals surface area contributed by atoms with Crippen molar-refractivity contribution in [1.82, 2.24) is 9.80 Å². The molecule has 1 fully saturated rings. The molecule has 206 valence electrons. The average molecular weight is 532 g/mol. The summed E-state index contributed by atoms with van der Waals surface area (Å²) in [4.78, 5) is 30.0. The molecule has 0 atom stereocenters. The summed E-state index contributed by atoms with van der Waals surface area (Å²) in [6.07, 6.45) is 0.754. The summed E-state index contributed by atoms with van der Waals surface area (Å²) in [7, 11) is 2.86. The van der Waals surface area contributed by atoms with Gasteiger partial charge in [-0.3, -0.25) is 4.90 Å². The van der Waals surface area contributed by atoms with Crippen molar-refractivity contribution in [2.24, 2.45) is 0 Å². The topological polar surface area (TPSA) is 80.3 Å². The first-order chi connectivity index (χ1) is 19.1. The Hall–Kier alpha value is -3.88. The fourth-order valence-electron chi connectivity index (χ4n) is 4.83. The minimum absolute atomic E-state index is 0.142. The van der Waals surface area contributed by atoms with Gasteiger partial charge >= 0.3 is 12.0 Å². The largest absolute Gasteiger partial charge is 0.495 e. The van der Waals surface area contributed by atoms with Crippen molar-refractivity contribution in [3.05, 3.63) is 95.6 Å². The van der Waals surface area contributed by atoms with Crippen LogP contribution in [0, 0.1) is 0 Å². The van der Waals surface area contributed by atoms with Crippen molar-refractivity contribution in [2.45, 2.75) is 12.3 Å². The lowest BCUT2D eigenvalue weighted by molar-refractivity contribution is 0.0351. The predicted octanol–water partition coefficient (Wildman–Crippen LogP) is 4.87. The third-order valence-corrected chi connectivity index (χ3v) is 7.03. The van der Waals surface area contributed by atoms with E-state index in [0.717, 1.165) is 26.1 Å². The third kappa shape index (κ3) is 7.81. The molecule has 8 heteroatoms. The maximum atomic E-state index is 13.7. The normalized spacial score (nSPS) is 13.6. The standard InChI is InChI=1S/C31H37N3O5/c1-37-29-14-13-26(30(35)38-2)23-28(29)32-31(36)34(18-17-33-19-21-39-22-20-33)16-15-27(24-9-5-3-6-10-24)25-11-7-4-8-12-25/h3-14,23,27H,15-22H2,1-2H3,(H,32,36). The van der Waals surface area contributed by atoms with Crippen LogP contribution in [-0.2, 0) is 9.47 Å². The van der Waals surface area contributed by atoms with Crippen molar-refractivity contribution in [3.8, 4) is 5.75 Å². The second-order valence-electron chi connectivity index (χ2n) is 9.44. The molecule has 0 aliphatic carbocycles.